The minimum Gasteiger partial charge on any atom is -0.389 e. The first-order chi connectivity index (χ1) is 4.63. The van der Waals surface area contributed by atoms with Crippen LogP contribution in [0.25, 0.3) is 0 Å². The van der Waals surface area contributed by atoms with Gasteiger partial charge in [0.2, 0.25) is 0 Å². The molecule has 4 N–H and O–H groups in total. The summed E-state index contributed by atoms with van der Waals surface area (Å²) in [5.41, 5.74) is 5.40. The van der Waals surface area contributed by atoms with E-state index in [1.807, 2.05) is 0 Å². The van der Waals surface area contributed by atoms with Crippen molar-refractivity contribution in [3.05, 3.63) is 0 Å². The van der Waals surface area contributed by atoms with Crippen LogP contribution >= 0.6 is 0 Å². The summed E-state index contributed by atoms with van der Waals surface area (Å²) in [5, 5.41) is 18.3. The molecule has 1 heterocycles. The van der Waals surface area contributed by atoms with E-state index in [0.717, 1.165) is 0 Å². The number of hydrogen-bond donors (Lipinski definition) is 3. The van der Waals surface area contributed by atoms with Crippen molar-refractivity contribution in [2.24, 2.45) is 5.73 Å². The van der Waals surface area contributed by atoms with E-state index in [4.69, 9.17) is 20.7 Å². The Hall–Kier alpha value is -0.160. The lowest BCUT2D eigenvalue weighted by molar-refractivity contribution is -0.136. The largest absolute Gasteiger partial charge is 0.389 e. The van der Waals surface area contributed by atoms with Crippen LogP contribution in [-0.4, -0.2) is 41.2 Å². The van der Waals surface area contributed by atoms with Crippen molar-refractivity contribution in [3.63, 3.8) is 0 Å². The van der Waals surface area contributed by atoms with Gasteiger partial charge < -0.3 is 20.7 Å². The van der Waals surface area contributed by atoms with Crippen LogP contribution in [-0.2, 0) is 4.74 Å². The summed E-state index contributed by atoms with van der Waals surface area (Å²) in [4.78, 5) is 0. The van der Waals surface area contributed by atoms with Crippen LogP contribution in [0.4, 0.5) is 0 Å². The molecule has 2 unspecified atom stereocenters. The Labute approximate surface area is 59.6 Å². The quantitative estimate of drug-likeness (QED) is 0.388. The van der Waals surface area contributed by atoms with Gasteiger partial charge in [-0.2, -0.15) is 0 Å². The molecule has 4 nitrogen and oxygen atoms in total. The van der Waals surface area contributed by atoms with Gasteiger partial charge >= 0.3 is 0 Å². The highest BCUT2D eigenvalue weighted by Gasteiger charge is 2.33. The summed E-state index contributed by atoms with van der Waals surface area (Å²) in [6, 6.07) is -0.453. The van der Waals surface area contributed by atoms with Gasteiger partial charge in [-0.15, -0.1) is 0 Å². The Balaban J connectivity index is 2.52. The smallest absolute Gasteiger partial charge is 0.107 e. The van der Waals surface area contributed by atoms with Gasteiger partial charge in [0.25, 0.3) is 0 Å². The molecule has 0 saturated carbocycles. The van der Waals surface area contributed by atoms with E-state index >= 15 is 0 Å². The summed E-state index contributed by atoms with van der Waals surface area (Å²) in [6.45, 7) is 2.03. The maximum Gasteiger partial charge on any atom is 0.107 e. The Morgan fingerprint density at radius 2 is 2.00 bits per heavy atom. The lowest BCUT2D eigenvalue weighted by Crippen LogP contribution is -2.55. The molecule has 0 aliphatic carbocycles. The van der Waals surface area contributed by atoms with E-state index in [1.165, 1.54) is 0 Å². The predicted molar refractivity (Wildman–Crippen MR) is 35.4 cm³/mol. The van der Waals surface area contributed by atoms with Crippen LogP contribution in [0.15, 0.2) is 0 Å². The summed E-state index contributed by atoms with van der Waals surface area (Å²) < 4.78 is 5.04. The van der Waals surface area contributed by atoms with Gasteiger partial charge in [-0.3, -0.25) is 0 Å². The highest BCUT2D eigenvalue weighted by atomic mass is 16.5. The SMILES string of the molecule is C[C@@H]1OC[C@H](N)C(O)C1O. The molecule has 1 rings (SSSR count). The third-order valence-electron chi connectivity index (χ3n) is 1.82. The fourth-order valence-electron chi connectivity index (χ4n) is 0.991. The molecule has 4 heteroatoms. The molecule has 0 aromatic rings. The molecule has 1 fully saturated rings. The molecule has 1 saturated heterocycles. The third-order valence-corrected chi connectivity index (χ3v) is 1.82. The molecule has 0 radical (unpaired) electrons. The minimum atomic E-state index is -0.844. The van der Waals surface area contributed by atoms with Gasteiger partial charge in [-0.1, -0.05) is 0 Å². The zero-order chi connectivity index (χ0) is 7.72. The topological polar surface area (TPSA) is 75.7 Å². The summed E-state index contributed by atoms with van der Waals surface area (Å²) in [5.74, 6) is 0. The van der Waals surface area contributed by atoms with Crippen LogP contribution in [0.2, 0.25) is 0 Å². The van der Waals surface area contributed by atoms with Crippen molar-refractivity contribution in [3.8, 4) is 0 Å². The molecule has 1 aliphatic rings. The maximum absolute atomic E-state index is 9.16. The third kappa shape index (κ3) is 1.29. The van der Waals surface area contributed by atoms with Gasteiger partial charge in [-0.25, -0.2) is 0 Å². The monoisotopic (exact) mass is 147 g/mol. The number of ether oxygens (including phenoxy) is 1. The van der Waals surface area contributed by atoms with Crippen molar-refractivity contribution in [1.82, 2.24) is 0 Å². The maximum atomic E-state index is 9.16. The van der Waals surface area contributed by atoms with E-state index < -0.39 is 18.2 Å². The van der Waals surface area contributed by atoms with Crippen LogP contribution in [0, 0.1) is 0 Å². The van der Waals surface area contributed by atoms with E-state index in [2.05, 4.69) is 0 Å². The number of aliphatic hydroxyl groups is 2. The van der Waals surface area contributed by atoms with Gasteiger partial charge in [0.1, 0.15) is 6.10 Å². The standard InChI is InChI=1S/C6H13NO3/c1-3-5(8)6(9)4(7)2-10-3/h3-6,8-9H,2,7H2,1H3/t3-,4-,5?,6?/m0/s1. The van der Waals surface area contributed by atoms with Gasteiger partial charge in [0, 0.05) is 0 Å². The lowest BCUT2D eigenvalue weighted by Gasteiger charge is -2.33. The van der Waals surface area contributed by atoms with Crippen LogP contribution < -0.4 is 5.73 Å². The molecule has 10 heavy (non-hydrogen) atoms. The fraction of sp³-hybridized carbons (Fsp3) is 1.00. The molecular formula is C6H13NO3. The molecule has 0 amide bonds. The summed E-state index contributed by atoms with van der Waals surface area (Å²) in [6.07, 6.45) is -2.00. The predicted octanol–water partition coefficient (Wildman–Crippen LogP) is -1.55. The van der Waals surface area contributed by atoms with E-state index in [1.54, 1.807) is 6.92 Å². The number of aliphatic hydroxyl groups excluding tert-OH is 2. The molecule has 4 atom stereocenters. The molecule has 0 aromatic heterocycles. The highest BCUT2D eigenvalue weighted by molar-refractivity contribution is 4.86. The van der Waals surface area contributed by atoms with Crippen LogP contribution in [0.5, 0.6) is 0 Å². The minimum absolute atomic E-state index is 0.310. The Morgan fingerprint density at radius 3 is 2.50 bits per heavy atom. The van der Waals surface area contributed by atoms with Crippen molar-refractivity contribution in [2.45, 2.75) is 31.3 Å². The second-order valence-electron chi connectivity index (χ2n) is 2.68. The number of hydrogen-bond acceptors (Lipinski definition) is 4. The first-order valence-corrected chi connectivity index (χ1v) is 3.36. The number of nitrogens with two attached hydrogens (primary N) is 1. The first kappa shape index (κ1) is 7.94. The Kier molecular flexibility index (Phi) is 2.25. The van der Waals surface area contributed by atoms with Gasteiger partial charge in [-0.05, 0) is 6.92 Å². The first-order valence-electron chi connectivity index (χ1n) is 3.36. The normalized spacial score (nSPS) is 49.2. The van der Waals surface area contributed by atoms with E-state index in [9.17, 15) is 0 Å². The van der Waals surface area contributed by atoms with Crippen molar-refractivity contribution < 1.29 is 14.9 Å². The number of rotatable bonds is 0. The lowest BCUT2D eigenvalue weighted by atomic mass is 10.0. The Morgan fingerprint density at radius 1 is 1.40 bits per heavy atom. The summed E-state index contributed by atoms with van der Waals surface area (Å²) in [7, 11) is 0. The Bertz CT molecular complexity index is 106. The molecular weight excluding hydrogens is 134 g/mol. The van der Waals surface area contributed by atoms with Crippen LogP contribution in [0.3, 0.4) is 0 Å². The molecule has 60 valence electrons. The van der Waals surface area contributed by atoms with Crippen LogP contribution in [0.1, 0.15) is 6.92 Å². The highest BCUT2D eigenvalue weighted by Crippen LogP contribution is 2.12. The molecule has 0 bridgehead atoms. The molecule has 1 aliphatic heterocycles. The van der Waals surface area contributed by atoms with Crippen molar-refractivity contribution >= 4 is 0 Å². The molecule has 0 spiro atoms. The second kappa shape index (κ2) is 2.84. The van der Waals surface area contributed by atoms with Crippen molar-refractivity contribution in [2.75, 3.05) is 6.61 Å². The van der Waals surface area contributed by atoms with Crippen molar-refractivity contribution in [1.29, 1.82) is 0 Å². The second-order valence-corrected chi connectivity index (χ2v) is 2.68. The zero-order valence-electron chi connectivity index (χ0n) is 5.90. The van der Waals surface area contributed by atoms with Gasteiger partial charge in [0.05, 0.1) is 24.9 Å². The zero-order valence-corrected chi connectivity index (χ0v) is 5.90. The average molecular weight is 147 g/mol. The average Bonchev–Trinajstić information content (AvgIpc) is 1.93. The molecule has 0 aromatic carbocycles. The summed E-state index contributed by atoms with van der Waals surface area (Å²) >= 11 is 0. The van der Waals surface area contributed by atoms with E-state index in [-0.39, 0.29) is 6.10 Å². The van der Waals surface area contributed by atoms with Gasteiger partial charge in [0.15, 0.2) is 0 Å². The van der Waals surface area contributed by atoms with E-state index in [0.29, 0.717) is 6.61 Å². The fourth-order valence-corrected chi connectivity index (χ4v) is 0.991.